The van der Waals surface area contributed by atoms with Gasteiger partial charge in [-0.05, 0) is 45.6 Å². The average molecular weight is 256 g/mol. The molecule has 1 unspecified atom stereocenters. The number of benzene rings is 1. The highest BCUT2D eigenvalue weighted by Gasteiger charge is 2.17. The molecule has 0 fully saturated rings. The standard InChI is InChI=1S/C15H20N4/c1-11-6-7-14-13(10-11)17-15(12(2)18(3)4)19(14)9-5-8-16/h6-7,10,12H,5,9H2,1-4H3. The fourth-order valence-electron chi connectivity index (χ4n) is 2.21. The van der Waals surface area contributed by atoms with Crippen LogP contribution in [-0.4, -0.2) is 28.5 Å². The van der Waals surface area contributed by atoms with E-state index in [0.717, 1.165) is 16.9 Å². The minimum atomic E-state index is 0.228. The van der Waals surface area contributed by atoms with Crippen molar-refractivity contribution in [2.75, 3.05) is 14.1 Å². The molecule has 0 saturated carbocycles. The Kier molecular flexibility index (Phi) is 3.87. The van der Waals surface area contributed by atoms with Crippen molar-refractivity contribution in [3.05, 3.63) is 29.6 Å². The first-order valence-corrected chi connectivity index (χ1v) is 6.54. The van der Waals surface area contributed by atoms with Gasteiger partial charge in [-0.15, -0.1) is 0 Å². The summed E-state index contributed by atoms with van der Waals surface area (Å²) in [5, 5.41) is 8.83. The van der Waals surface area contributed by atoms with Crippen LogP contribution in [0, 0.1) is 18.3 Å². The molecule has 4 nitrogen and oxygen atoms in total. The fourth-order valence-corrected chi connectivity index (χ4v) is 2.21. The Morgan fingerprint density at radius 2 is 2.16 bits per heavy atom. The van der Waals surface area contributed by atoms with E-state index in [1.165, 1.54) is 5.56 Å². The summed E-state index contributed by atoms with van der Waals surface area (Å²) in [4.78, 5) is 6.90. The van der Waals surface area contributed by atoms with Gasteiger partial charge < -0.3 is 4.57 Å². The number of nitriles is 1. The second kappa shape index (κ2) is 5.41. The molecule has 0 radical (unpaired) electrons. The molecule has 1 aromatic carbocycles. The number of imidazole rings is 1. The molecule has 1 aromatic heterocycles. The van der Waals surface area contributed by atoms with Crippen molar-refractivity contribution >= 4 is 11.0 Å². The van der Waals surface area contributed by atoms with Crippen molar-refractivity contribution in [2.45, 2.75) is 32.9 Å². The van der Waals surface area contributed by atoms with Gasteiger partial charge in [-0.25, -0.2) is 4.98 Å². The van der Waals surface area contributed by atoms with Gasteiger partial charge in [0.1, 0.15) is 5.82 Å². The van der Waals surface area contributed by atoms with Crippen molar-refractivity contribution in [1.82, 2.24) is 14.5 Å². The van der Waals surface area contributed by atoms with Crippen LogP contribution in [0.4, 0.5) is 0 Å². The molecule has 0 aliphatic carbocycles. The van der Waals surface area contributed by atoms with Crippen LogP contribution in [0.15, 0.2) is 18.2 Å². The average Bonchev–Trinajstić information content (AvgIpc) is 2.72. The summed E-state index contributed by atoms with van der Waals surface area (Å²) in [6.45, 7) is 4.91. The number of aryl methyl sites for hydroxylation is 2. The van der Waals surface area contributed by atoms with Gasteiger partial charge in [-0.3, -0.25) is 4.90 Å². The molecule has 1 heterocycles. The zero-order chi connectivity index (χ0) is 14.0. The minimum absolute atomic E-state index is 0.228. The van der Waals surface area contributed by atoms with E-state index < -0.39 is 0 Å². The molecule has 0 N–H and O–H groups in total. The normalized spacial score (nSPS) is 12.8. The number of aromatic nitrogens is 2. The molecule has 100 valence electrons. The molecule has 0 aliphatic rings. The predicted octanol–water partition coefficient (Wildman–Crippen LogP) is 2.88. The smallest absolute Gasteiger partial charge is 0.127 e. The molecule has 19 heavy (non-hydrogen) atoms. The molecular weight excluding hydrogens is 236 g/mol. The van der Waals surface area contributed by atoms with Crippen molar-refractivity contribution < 1.29 is 0 Å². The highest BCUT2D eigenvalue weighted by molar-refractivity contribution is 5.77. The third-order valence-electron chi connectivity index (χ3n) is 3.53. The predicted molar refractivity (Wildman–Crippen MR) is 76.8 cm³/mol. The maximum Gasteiger partial charge on any atom is 0.127 e. The number of hydrogen-bond acceptors (Lipinski definition) is 3. The number of fused-ring (bicyclic) bond motifs is 1. The maximum atomic E-state index is 8.83. The Morgan fingerprint density at radius 1 is 1.42 bits per heavy atom. The van der Waals surface area contributed by atoms with E-state index in [0.29, 0.717) is 13.0 Å². The van der Waals surface area contributed by atoms with Crippen LogP contribution in [0.3, 0.4) is 0 Å². The lowest BCUT2D eigenvalue weighted by Gasteiger charge is -2.20. The molecule has 2 aromatic rings. The molecule has 0 amide bonds. The summed E-state index contributed by atoms with van der Waals surface area (Å²) in [7, 11) is 4.09. The van der Waals surface area contributed by atoms with Crippen LogP contribution in [0.1, 0.15) is 30.8 Å². The van der Waals surface area contributed by atoms with Gasteiger partial charge in [0.2, 0.25) is 0 Å². The van der Waals surface area contributed by atoms with Gasteiger partial charge in [0.25, 0.3) is 0 Å². The Bertz CT molecular complexity index is 619. The van der Waals surface area contributed by atoms with E-state index in [2.05, 4.69) is 47.6 Å². The number of nitrogens with zero attached hydrogens (tertiary/aromatic N) is 4. The van der Waals surface area contributed by atoms with Crippen molar-refractivity contribution in [1.29, 1.82) is 5.26 Å². The van der Waals surface area contributed by atoms with Crippen molar-refractivity contribution in [3.8, 4) is 6.07 Å². The first-order chi connectivity index (χ1) is 9.04. The van der Waals surface area contributed by atoms with Crippen LogP contribution in [0.5, 0.6) is 0 Å². The molecule has 0 spiro atoms. The van der Waals surface area contributed by atoms with Gasteiger partial charge in [0.05, 0.1) is 29.6 Å². The maximum absolute atomic E-state index is 8.83. The third kappa shape index (κ3) is 2.61. The largest absolute Gasteiger partial charge is 0.326 e. The van der Waals surface area contributed by atoms with Gasteiger partial charge >= 0.3 is 0 Å². The van der Waals surface area contributed by atoms with Gasteiger partial charge in [-0.2, -0.15) is 5.26 Å². The lowest BCUT2D eigenvalue weighted by Crippen LogP contribution is -2.21. The molecular formula is C15H20N4. The van der Waals surface area contributed by atoms with E-state index >= 15 is 0 Å². The van der Waals surface area contributed by atoms with Gasteiger partial charge in [0.15, 0.2) is 0 Å². The summed E-state index contributed by atoms with van der Waals surface area (Å²) in [5.74, 6) is 1.03. The molecule has 1 atom stereocenters. The summed E-state index contributed by atoms with van der Waals surface area (Å²) in [5.41, 5.74) is 3.34. The SMILES string of the molecule is Cc1ccc2c(c1)nc(C(C)N(C)C)n2CCC#N. The summed E-state index contributed by atoms with van der Waals surface area (Å²) >= 11 is 0. The Hall–Kier alpha value is -1.86. The molecule has 0 saturated heterocycles. The van der Waals surface area contributed by atoms with E-state index in [4.69, 9.17) is 10.2 Å². The van der Waals surface area contributed by atoms with E-state index in [-0.39, 0.29) is 6.04 Å². The molecule has 0 bridgehead atoms. The molecule has 4 heteroatoms. The monoisotopic (exact) mass is 256 g/mol. The fraction of sp³-hybridized carbons (Fsp3) is 0.467. The quantitative estimate of drug-likeness (QED) is 0.845. The zero-order valence-corrected chi connectivity index (χ0v) is 12.0. The Balaban J connectivity index is 2.57. The van der Waals surface area contributed by atoms with E-state index in [9.17, 15) is 0 Å². The zero-order valence-electron chi connectivity index (χ0n) is 12.0. The summed E-state index contributed by atoms with van der Waals surface area (Å²) in [6, 6.07) is 8.74. The van der Waals surface area contributed by atoms with Gasteiger partial charge in [0, 0.05) is 6.54 Å². The van der Waals surface area contributed by atoms with Crippen molar-refractivity contribution in [2.24, 2.45) is 0 Å². The first-order valence-electron chi connectivity index (χ1n) is 6.54. The minimum Gasteiger partial charge on any atom is -0.326 e. The van der Waals surface area contributed by atoms with Crippen LogP contribution in [0.2, 0.25) is 0 Å². The lowest BCUT2D eigenvalue weighted by molar-refractivity contribution is 0.302. The summed E-state index contributed by atoms with van der Waals surface area (Å²) < 4.78 is 2.17. The number of hydrogen-bond donors (Lipinski definition) is 0. The van der Waals surface area contributed by atoms with Crippen LogP contribution in [0.25, 0.3) is 11.0 Å². The lowest BCUT2D eigenvalue weighted by atomic mass is 10.2. The van der Waals surface area contributed by atoms with Gasteiger partial charge in [-0.1, -0.05) is 6.07 Å². The first kappa shape index (κ1) is 13.6. The highest BCUT2D eigenvalue weighted by Crippen LogP contribution is 2.24. The van der Waals surface area contributed by atoms with E-state index in [1.54, 1.807) is 0 Å². The van der Waals surface area contributed by atoms with Crippen LogP contribution >= 0.6 is 0 Å². The van der Waals surface area contributed by atoms with Crippen molar-refractivity contribution in [3.63, 3.8) is 0 Å². The molecule has 0 aliphatic heterocycles. The van der Waals surface area contributed by atoms with Crippen LogP contribution in [-0.2, 0) is 6.54 Å². The van der Waals surface area contributed by atoms with E-state index in [1.807, 2.05) is 14.1 Å². The number of rotatable bonds is 4. The Labute approximate surface area is 114 Å². The molecule has 2 rings (SSSR count). The second-order valence-electron chi connectivity index (χ2n) is 5.16. The second-order valence-corrected chi connectivity index (χ2v) is 5.16. The Morgan fingerprint density at radius 3 is 2.79 bits per heavy atom. The third-order valence-corrected chi connectivity index (χ3v) is 3.53. The summed E-state index contributed by atoms with van der Waals surface area (Å²) in [6.07, 6.45) is 0.506. The highest BCUT2D eigenvalue weighted by atomic mass is 15.2. The van der Waals surface area contributed by atoms with Crippen LogP contribution < -0.4 is 0 Å². The topological polar surface area (TPSA) is 44.9 Å².